The van der Waals surface area contributed by atoms with Gasteiger partial charge in [-0.1, -0.05) is 0 Å². The van der Waals surface area contributed by atoms with Gasteiger partial charge in [0.1, 0.15) is 5.69 Å². The summed E-state index contributed by atoms with van der Waals surface area (Å²) in [5.41, 5.74) is 2.13. The quantitative estimate of drug-likeness (QED) is 0.729. The number of rotatable bonds is 5. The van der Waals surface area contributed by atoms with E-state index in [0.29, 0.717) is 12.4 Å². The number of hydrogen-bond acceptors (Lipinski definition) is 5. The standard InChI is InChI=1S/C14H15N3OS2/c1-18-13-12(17-7-8-20-14(17)16-13)9-15-10-3-5-11(19-2)6-4-10/h3-8,15H,9H2,1-2H3. The molecule has 104 valence electrons. The van der Waals surface area contributed by atoms with Crippen LogP contribution in [0.3, 0.4) is 0 Å². The molecule has 0 fully saturated rings. The van der Waals surface area contributed by atoms with E-state index in [-0.39, 0.29) is 0 Å². The molecule has 2 heterocycles. The number of methoxy groups -OCH3 is 1. The number of anilines is 1. The lowest BCUT2D eigenvalue weighted by atomic mass is 10.3. The van der Waals surface area contributed by atoms with E-state index in [9.17, 15) is 0 Å². The van der Waals surface area contributed by atoms with Crippen LogP contribution in [0.15, 0.2) is 40.7 Å². The molecule has 1 aromatic carbocycles. The van der Waals surface area contributed by atoms with Gasteiger partial charge in [0, 0.05) is 22.2 Å². The Hall–Kier alpha value is -1.66. The second-order valence-corrected chi connectivity index (χ2v) is 5.96. The van der Waals surface area contributed by atoms with E-state index in [4.69, 9.17) is 4.74 Å². The smallest absolute Gasteiger partial charge is 0.238 e. The Morgan fingerprint density at radius 1 is 1.35 bits per heavy atom. The number of nitrogens with zero attached hydrogens (tertiary/aromatic N) is 2. The second-order valence-electron chi connectivity index (χ2n) is 4.21. The molecule has 0 saturated carbocycles. The first kappa shape index (κ1) is 13.3. The van der Waals surface area contributed by atoms with Crippen molar-refractivity contribution < 1.29 is 4.74 Å². The minimum absolute atomic E-state index is 0.680. The maximum Gasteiger partial charge on any atom is 0.238 e. The van der Waals surface area contributed by atoms with Crippen LogP contribution < -0.4 is 10.1 Å². The molecule has 0 spiro atoms. The minimum atomic E-state index is 0.680. The van der Waals surface area contributed by atoms with Crippen LogP contribution in [0.4, 0.5) is 5.69 Å². The Bertz CT molecular complexity index is 703. The molecule has 3 aromatic rings. The molecule has 1 N–H and O–H groups in total. The van der Waals surface area contributed by atoms with Crippen molar-refractivity contribution in [2.75, 3.05) is 18.7 Å². The molecule has 0 bridgehead atoms. The van der Waals surface area contributed by atoms with Gasteiger partial charge in [-0.05, 0) is 30.5 Å². The third-order valence-corrected chi connectivity index (χ3v) is 4.57. The van der Waals surface area contributed by atoms with Gasteiger partial charge in [0.2, 0.25) is 5.88 Å². The zero-order valence-corrected chi connectivity index (χ0v) is 12.9. The molecule has 0 unspecified atom stereocenters. The first-order valence-electron chi connectivity index (χ1n) is 6.18. The predicted molar refractivity (Wildman–Crippen MR) is 85.2 cm³/mol. The van der Waals surface area contributed by atoms with Crippen LogP contribution in [0, 0.1) is 0 Å². The Kier molecular flexibility index (Phi) is 3.84. The zero-order valence-electron chi connectivity index (χ0n) is 11.3. The van der Waals surface area contributed by atoms with Crippen molar-refractivity contribution in [1.82, 2.24) is 9.38 Å². The van der Waals surface area contributed by atoms with Crippen LogP contribution in [0.5, 0.6) is 5.88 Å². The van der Waals surface area contributed by atoms with Gasteiger partial charge in [-0.15, -0.1) is 23.1 Å². The molecule has 0 atom stereocenters. The molecule has 4 nitrogen and oxygen atoms in total. The van der Waals surface area contributed by atoms with Crippen molar-refractivity contribution in [2.45, 2.75) is 11.4 Å². The summed E-state index contributed by atoms with van der Waals surface area (Å²) in [4.78, 5) is 6.66. The molecule has 3 rings (SSSR count). The Morgan fingerprint density at radius 3 is 2.85 bits per heavy atom. The monoisotopic (exact) mass is 305 g/mol. The molecule has 0 aliphatic carbocycles. The second kappa shape index (κ2) is 5.76. The highest BCUT2D eigenvalue weighted by Crippen LogP contribution is 2.24. The summed E-state index contributed by atoms with van der Waals surface area (Å²) in [6.45, 7) is 0.680. The average molecular weight is 305 g/mol. The minimum Gasteiger partial charge on any atom is -0.480 e. The molecular formula is C14H15N3OS2. The van der Waals surface area contributed by atoms with Crippen LogP contribution in [0.25, 0.3) is 4.96 Å². The molecule has 0 radical (unpaired) electrons. The molecule has 0 amide bonds. The molecule has 0 aliphatic heterocycles. The number of hydrogen-bond donors (Lipinski definition) is 1. The number of nitrogens with one attached hydrogen (secondary N) is 1. The van der Waals surface area contributed by atoms with E-state index in [2.05, 4.69) is 45.2 Å². The van der Waals surface area contributed by atoms with Crippen LogP contribution in [-0.4, -0.2) is 22.8 Å². The number of aromatic nitrogens is 2. The lowest BCUT2D eigenvalue weighted by Crippen LogP contribution is -2.03. The normalized spacial score (nSPS) is 10.9. The fourth-order valence-electron chi connectivity index (χ4n) is 2.03. The summed E-state index contributed by atoms with van der Waals surface area (Å²) in [6.07, 6.45) is 4.09. The van der Waals surface area contributed by atoms with Gasteiger partial charge in [0.25, 0.3) is 0 Å². The number of benzene rings is 1. The van der Waals surface area contributed by atoms with Crippen molar-refractivity contribution >= 4 is 33.7 Å². The zero-order chi connectivity index (χ0) is 13.9. The van der Waals surface area contributed by atoms with Gasteiger partial charge in [0.15, 0.2) is 4.96 Å². The summed E-state index contributed by atoms with van der Waals surface area (Å²) < 4.78 is 7.41. The van der Waals surface area contributed by atoms with Crippen molar-refractivity contribution in [1.29, 1.82) is 0 Å². The number of thiazole rings is 1. The maximum atomic E-state index is 5.34. The summed E-state index contributed by atoms with van der Waals surface area (Å²) in [5.74, 6) is 0.685. The number of fused-ring (bicyclic) bond motifs is 1. The van der Waals surface area contributed by atoms with Gasteiger partial charge >= 0.3 is 0 Å². The SMILES string of the molecule is COc1nc2sccn2c1CNc1ccc(SC)cc1. The fraction of sp³-hybridized carbons (Fsp3) is 0.214. The number of ether oxygens (including phenoxy) is 1. The van der Waals surface area contributed by atoms with Crippen LogP contribution in [0.1, 0.15) is 5.69 Å². The van der Waals surface area contributed by atoms with Crippen LogP contribution in [0.2, 0.25) is 0 Å². The van der Waals surface area contributed by atoms with Crippen molar-refractivity contribution in [3.8, 4) is 5.88 Å². The van der Waals surface area contributed by atoms with Gasteiger partial charge in [-0.2, -0.15) is 4.98 Å². The summed E-state index contributed by atoms with van der Waals surface area (Å²) in [5, 5.41) is 5.44. The van der Waals surface area contributed by atoms with Gasteiger partial charge in [0.05, 0.1) is 13.7 Å². The van der Waals surface area contributed by atoms with Gasteiger partial charge in [-0.3, -0.25) is 4.40 Å². The first-order valence-corrected chi connectivity index (χ1v) is 8.28. The lowest BCUT2D eigenvalue weighted by molar-refractivity contribution is 0.395. The van der Waals surface area contributed by atoms with E-state index in [0.717, 1.165) is 16.3 Å². The summed E-state index contributed by atoms with van der Waals surface area (Å²) in [6, 6.07) is 8.40. The highest BCUT2D eigenvalue weighted by atomic mass is 32.2. The summed E-state index contributed by atoms with van der Waals surface area (Å²) >= 11 is 3.35. The highest BCUT2D eigenvalue weighted by Gasteiger charge is 2.13. The van der Waals surface area contributed by atoms with E-state index < -0.39 is 0 Å². The maximum absolute atomic E-state index is 5.34. The Morgan fingerprint density at radius 2 is 2.15 bits per heavy atom. The van der Waals surface area contributed by atoms with Gasteiger partial charge < -0.3 is 10.1 Å². The molecule has 0 aliphatic rings. The molecule has 0 saturated heterocycles. The lowest BCUT2D eigenvalue weighted by Gasteiger charge is -2.07. The van der Waals surface area contributed by atoms with Crippen molar-refractivity contribution in [2.24, 2.45) is 0 Å². The third kappa shape index (κ3) is 2.48. The molecular weight excluding hydrogens is 290 g/mol. The van der Waals surface area contributed by atoms with Gasteiger partial charge in [-0.25, -0.2) is 0 Å². The molecule has 6 heteroatoms. The van der Waals surface area contributed by atoms with E-state index in [1.54, 1.807) is 30.2 Å². The largest absolute Gasteiger partial charge is 0.480 e. The topological polar surface area (TPSA) is 38.6 Å². The molecule has 20 heavy (non-hydrogen) atoms. The molecule has 2 aromatic heterocycles. The van der Waals surface area contributed by atoms with Crippen molar-refractivity contribution in [3.05, 3.63) is 41.5 Å². The van der Waals surface area contributed by atoms with E-state index in [1.165, 1.54) is 4.90 Å². The number of thioether (sulfide) groups is 1. The average Bonchev–Trinajstić information content (AvgIpc) is 3.06. The van der Waals surface area contributed by atoms with Crippen LogP contribution in [-0.2, 0) is 6.54 Å². The van der Waals surface area contributed by atoms with Crippen molar-refractivity contribution in [3.63, 3.8) is 0 Å². The fourth-order valence-corrected chi connectivity index (χ4v) is 3.16. The van der Waals surface area contributed by atoms with E-state index in [1.807, 2.05) is 11.6 Å². The Balaban J connectivity index is 1.80. The number of imidazole rings is 1. The first-order chi connectivity index (χ1) is 9.81. The highest BCUT2D eigenvalue weighted by molar-refractivity contribution is 7.98. The summed E-state index contributed by atoms with van der Waals surface area (Å²) in [7, 11) is 1.66. The predicted octanol–water partition coefficient (Wildman–Crippen LogP) is 3.74. The third-order valence-electron chi connectivity index (χ3n) is 3.07. The van der Waals surface area contributed by atoms with Crippen LogP contribution >= 0.6 is 23.1 Å². The van der Waals surface area contributed by atoms with E-state index >= 15 is 0 Å². The Labute approximate surface area is 125 Å².